The van der Waals surface area contributed by atoms with Gasteiger partial charge >= 0.3 is 0 Å². The molecule has 1 aromatic heterocycles. The molecule has 22 heavy (non-hydrogen) atoms. The lowest BCUT2D eigenvalue weighted by atomic mass is 9.88. The summed E-state index contributed by atoms with van der Waals surface area (Å²) in [6.45, 7) is 3.78. The van der Waals surface area contributed by atoms with E-state index >= 15 is 0 Å². The van der Waals surface area contributed by atoms with Gasteiger partial charge in [-0.2, -0.15) is 4.31 Å². The number of nitrogens with zero attached hydrogens (tertiary/aromatic N) is 2. The van der Waals surface area contributed by atoms with Gasteiger partial charge in [-0.1, -0.05) is 6.07 Å². The number of thiophene rings is 1. The summed E-state index contributed by atoms with van der Waals surface area (Å²) in [5.74, 6) is 0.220. The van der Waals surface area contributed by atoms with Crippen molar-refractivity contribution in [2.45, 2.75) is 48.8 Å². The molecule has 1 aromatic rings. The summed E-state index contributed by atoms with van der Waals surface area (Å²) in [5, 5.41) is 1.79. The largest absolute Gasteiger partial charge is 0.337 e. The van der Waals surface area contributed by atoms with Crippen LogP contribution < -0.4 is 0 Å². The second-order valence-corrected chi connectivity index (χ2v) is 9.16. The van der Waals surface area contributed by atoms with Crippen molar-refractivity contribution in [3.8, 4) is 0 Å². The first-order valence-electron chi connectivity index (χ1n) is 7.84. The summed E-state index contributed by atoms with van der Waals surface area (Å²) < 4.78 is 27.4. The third-order valence-corrected chi connectivity index (χ3v) is 8.23. The van der Waals surface area contributed by atoms with Crippen molar-refractivity contribution in [3.63, 3.8) is 0 Å². The Balaban J connectivity index is 1.80. The molecule has 7 heteroatoms. The van der Waals surface area contributed by atoms with Crippen LogP contribution in [0.3, 0.4) is 0 Å². The zero-order valence-corrected chi connectivity index (χ0v) is 14.5. The monoisotopic (exact) mass is 342 g/mol. The first-order chi connectivity index (χ1) is 10.5. The van der Waals surface area contributed by atoms with Crippen molar-refractivity contribution >= 4 is 27.3 Å². The predicted octanol–water partition coefficient (Wildman–Crippen LogP) is 2.30. The maximum absolute atomic E-state index is 12.7. The first-order valence-corrected chi connectivity index (χ1v) is 10.2. The van der Waals surface area contributed by atoms with E-state index in [0.29, 0.717) is 23.7 Å². The van der Waals surface area contributed by atoms with Crippen LogP contribution in [0.2, 0.25) is 0 Å². The number of carbonyl (C=O) groups is 1. The van der Waals surface area contributed by atoms with E-state index in [4.69, 9.17) is 0 Å². The van der Waals surface area contributed by atoms with Crippen molar-refractivity contribution in [2.24, 2.45) is 0 Å². The normalized spacial score (nSPS) is 27.5. The molecule has 2 fully saturated rings. The molecule has 122 valence electrons. The molecule has 0 radical (unpaired) electrons. The molecule has 0 bridgehead atoms. The molecule has 1 amide bonds. The molecular formula is C15H22N2O3S2. The fraction of sp³-hybridized carbons (Fsp3) is 0.667. The van der Waals surface area contributed by atoms with Gasteiger partial charge in [0, 0.05) is 31.6 Å². The fourth-order valence-corrected chi connectivity index (χ4v) is 6.46. The van der Waals surface area contributed by atoms with Crippen LogP contribution in [-0.2, 0) is 14.8 Å². The Bertz CT molecular complexity index is 642. The van der Waals surface area contributed by atoms with Crippen LogP contribution in [0.5, 0.6) is 0 Å². The molecule has 2 saturated heterocycles. The lowest BCUT2D eigenvalue weighted by molar-refractivity contribution is -0.131. The lowest BCUT2D eigenvalue weighted by Crippen LogP contribution is -2.46. The molecule has 2 aliphatic heterocycles. The minimum atomic E-state index is -3.38. The van der Waals surface area contributed by atoms with Crippen LogP contribution in [-0.4, -0.2) is 48.7 Å². The number of amides is 1. The summed E-state index contributed by atoms with van der Waals surface area (Å²) in [6.07, 6.45) is 3.94. The molecule has 0 N–H and O–H groups in total. The Morgan fingerprint density at radius 1 is 1.27 bits per heavy atom. The molecule has 0 aromatic carbocycles. The topological polar surface area (TPSA) is 57.7 Å². The van der Waals surface area contributed by atoms with E-state index < -0.39 is 10.0 Å². The van der Waals surface area contributed by atoms with Crippen LogP contribution in [0.25, 0.3) is 0 Å². The third-order valence-electron chi connectivity index (χ3n) is 4.96. The molecular weight excluding hydrogens is 320 g/mol. The second kappa shape index (κ2) is 5.94. The summed E-state index contributed by atoms with van der Waals surface area (Å²) in [5.41, 5.74) is -0.119. The van der Waals surface area contributed by atoms with Gasteiger partial charge in [-0.3, -0.25) is 4.79 Å². The quantitative estimate of drug-likeness (QED) is 0.847. The molecule has 2 aliphatic rings. The lowest BCUT2D eigenvalue weighted by Gasteiger charge is -2.37. The van der Waals surface area contributed by atoms with E-state index in [9.17, 15) is 13.2 Å². The molecule has 5 nitrogen and oxygen atoms in total. The summed E-state index contributed by atoms with van der Waals surface area (Å²) in [6, 6.07) is 3.43. The van der Waals surface area contributed by atoms with Crippen molar-refractivity contribution < 1.29 is 13.2 Å². The van der Waals surface area contributed by atoms with Crippen molar-refractivity contribution in [2.75, 3.05) is 19.6 Å². The number of rotatable bonds is 3. The van der Waals surface area contributed by atoms with Crippen LogP contribution in [0.4, 0.5) is 0 Å². The summed E-state index contributed by atoms with van der Waals surface area (Å²) in [4.78, 5) is 14.0. The standard InChI is InChI=1S/C15H22N2O3S2/c1-2-17-13(18)6-8-15(17)7-4-10-16(11-9-15)22(19,20)14-5-3-12-21-14/h3,5,12H,2,4,6-11H2,1H3. The van der Waals surface area contributed by atoms with Gasteiger partial charge in [0.15, 0.2) is 0 Å². The van der Waals surface area contributed by atoms with Crippen molar-refractivity contribution in [1.82, 2.24) is 9.21 Å². The van der Waals surface area contributed by atoms with Crippen LogP contribution in [0, 0.1) is 0 Å². The molecule has 0 aliphatic carbocycles. The average Bonchev–Trinajstić information content (AvgIpc) is 3.06. The Morgan fingerprint density at radius 2 is 2.09 bits per heavy atom. The van der Waals surface area contributed by atoms with Gasteiger partial charge in [0.1, 0.15) is 4.21 Å². The number of hydrogen-bond acceptors (Lipinski definition) is 4. The minimum Gasteiger partial charge on any atom is -0.337 e. The molecule has 1 spiro atoms. The molecule has 0 saturated carbocycles. The fourth-order valence-electron chi connectivity index (χ4n) is 3.84. The van der Waals surface area contributed by atoms with Gasteiger partial charge in [-0.25, -0.2) is 8.42 Å². The van der Waals surface area contributed by atoms with E-state index in [-0.39, 0.29) is 11.4 Å². The highest BCUT2D eigenvalue weighted by atomic mass is 32.2. The second-order valence-electron chi connectivity index (χ2n) is 6.05. The van der Waals surface area contributed by atoms with E-state index in [2.05, 4.69) is 0 Å². The number of carbonyl (C=O) groups excluding carboxylic acids is 1. The maximum atomic E-state index is 12.7. The van der Waals surface area contributed by atoms with E-state index in [1.54, 1.807) is 21.8 Å². The molecule has 3 heterocycles. The van der Waals surface area contributed by atoms with Gasteiger partial charge in [0.2, 0.25) is 5.91 Å². The minimum absolute atomic E-state index is 0.119. The van der Waals surface area contributed by atoms with Crippen LogP contribution in [0.15, 0.2) is 21.7 Å². The molecule has 1 unspecified atom stereocenters. The number of sulfonamides is 1. The van der Waals surface area contributed by atoms with Gasteiger partial charge < -0.3 is 4.90 Å². The zero-order chi connectivity index (χ0) is 15.8. The maximum Gasteiger partial charge on any atom is 0.252 e. The van der Waals surface area contributed by atoms with Gasteiger partial charge in [-0.15, -0.1) is 11.3 Å². The highest BCUT2D eigenvalue weighted by Crippen LogP contribution is 2.39. The number of hydrogen-bond donors (Lipinski definition) is 0. The summed E-state index contributed by atoms with van der Waals surface area (Å²) in [7, 11) is -3.38. The Kier molecular flexibility index (Phi) is 4.31. The smallest absolute Gasteiger partial charge is 0.252 e. The van der Waals surface area contributed by atoms with E-state index in [0.717, 1.165) is 32.2 Å². The molecule has 1 atom stereocenters. The molecule has 3 rings (SSSR count). The Labute approximate surface area is 136 Å². The van der Waals surface area contributed by atoms with Gasteiger partial charge in [-0.05, 0) is 44.1 Å². The van der Waals surface area contributed by atoms with Crippen molar-refractivity contribution in [1.29, 1.82) is 0 Å². The zero-order valence-electron chi connectivity index (χ0n) is 12.8. The first kappa shape index (κ1) is 16.0. The van der Waals surface area contributed by atoms with Gasteiger partial charge in [0.05, 0.1) is 0 Å². The highest BCUT2D eigenvalue weighted by molar-refractivity contribution is 7.91. The van der Waals surface area contributed by atoms with Crippen LogP contribution in [0.1, 0.15) is 39.0 Å². The van der Waals surface area contributed by atoms with E-state index in [1.165, 1.54) is 11.3 Å². The average molecular weight is 342 g/mol. The Morgan fingerprint density at radius 3 is 2.77 bits per heavy atom. The highest BCUT2D eigenvalue weighted by Gasteiger charge is 2.45. The summed E-state index contributed by atoms with van der Waals surface area (Å²) >= 11 is 1.27. The predicted molar refractivity (Wildman–Crippen MR) is 86.3 cm³/mol. The Hall–Kier alpha value is -0.920. The van der Waals surface area contributed by atoms with Crippen molar-refractivity contribution in [3.05, 3.63) is 17.5 Å². The van der Waals surface area contributed by atoms with Crippen LogP contribution >= 0.6 is 11.3 Å². The van der Waals surface area contributed by atoms with Gasteiger partial charge in [0.25, 0.3) is 10.0 Å². The third kappa shape index (κ3) is 2.59. The SMILES string of the molecule is CCN1C(=O)CCC12CCCN(S(=O)(=O)c1cccs1)CC2. The number of likely N-dealkylation sites (tertiary alicyclic amines) is 1. The van der Waals surface area contributed by atoms with E-state index in [1.807, 2.05) is 11.8 Å².